The SMILES string of the molecule is CS(=O)(=O)c1cccnc1NCCc1cnc[nH]1. The second-order valence-corrected chi connectivity index (χ2v) is 5.86. The van der Waals surface area contributed by atoms with Crippen molar-refractivity contribution in [2.24, 2.45) is 0 Å². The number of aromatic nitrogens is 3. The third kappa shape index (κ3) is 3.07. The van der Waals surface area contributed by atoms with Crippen molar-refractivity contribution in [3.8, 4) is 0 Å². The van der Waals surface area contributed by atoms with Crippen molar-refractivity contribution in [3.05, 3.63) is 36.5 Å². The maximum atomic E-state index is 11.5. The lowest BCUT2D eigenvalue weighted by molar-refractivity contribution is 0.602. The van der Waals surface area contributed by atoms with E-state index in [2.05, 4.69) is 20.3 Å². The summed E-state index contributed by atoms with van der Waals surface area (Å²) in [6.07, 6.45) is 6.80. The Morgan fingerprint density at radius 1 is 1.44 bits per heavy atom. The van der Waals surface area contributed by atoms with E-state index in [-0.39, 0.29) is 4.90 Å². The van der Waals surface area contributed by atoms with Crippen LogP contribution in [0, 0.1) is 0 Å². The van der Waals surface area contributed by atoms with Crippen LogP contribution in [0.3, 0.4) is 0 Å². The van der Waals surface area contributed by atoms with E-state index >= 15 is 0 Å². The largest absolute Gasteiger partial charge is 0.369 e. The summed E-state index contributed by atoms with van der Waals surface area (Å²) in [5.74, 6) is 0.388. The first-order valence-electron chi connectivity index (χ1n) is 5.43. The minimum Gasteiger partial charge on any atom is -0.369 e. The molecule has 0 spiro atoms. The van der Waals surface area contributed by atoms with Gasteiger partial charge in [-0.2, -0.15) is 0 Å². The molecule has 2 rings (SSSR count). The van der Waals surface area contributed by atoms with Crippen molar-refractivity contribution in [1.29, 1.82) is 0 Å². The van der Waals surface area contributed by atoms with Crippen molar-refractivity contribution in [3.63, 3.8) is 0 Å². The van der Waals surface area contributed by atoms with Crippen LogP contribution in [0.15, 0.2) is 35.7 Å². The Hall–Kier alpha value is -1.89. The van der Waals surface area contributed by atoms with Gasteiger partial charge in [0.1, 0.15) is 10.7 Å². The van der Waals surface area contributed by atoms with Crippen LogP contribution < -0.4 is 5.32 Å². The molecule has 0 saturated heterocycles. The summed E-state index contributed by atoms with van der Waals surface area (Å²) in [4.78, 5) is 11.2. The van der Waals surface area contributed by atoms with E-state index < -0.39 is 9.84 Å². The number of nitrogens with zero attached hydrogens (tertiary/aromatic N) is 2. The normalized spacial score (nSPS) is 11.4. The number of aromatic amines is 1. The second-order valence-electron chi connectivity index (χ2n) is 3.88. The van der Waals surface area contributed by atoms with Crippen LogP contribution in [0.5, 0.6) is 0 Å². The summed E-state index contributed by atoms with van der Waals surface area (Å²) < 4.78 is 23.1. The van der Waals surface area contributed by atoms with Gasteiger partial charge in [-0.1, -0.05) is 0 Å². The Morgan fingerprint density at radius 2 is 2.28 bits per heavy atom. The first kappa shape index (κ1) is 12.6. The van der Waals surface area contributed by atoms with Crippen molar-refractivity contribution >= 4 is 15.7 Å². The van der Waals surface area contributed by atoms with Gasteiger partial charge in [0.05, 0.1) is 6.33 Å². The van der Waals surface area contributed by atoms with Crippen LogP contribution in [0.4, 0.5) is 5.82 Å². The molecule has 0 aliphatic carbocycles. The fraction of sp³-hybridized carbons (Fsp3) is 0.273. The highest BCUT2D eigenvalue weighted by Gasteiger charge is 2.13. The number of pyridine rings is 1. The van der Waals surface area contributed by atoms with Crippen molar-refractivity contribution < 1.29 is 8.42 Å². The van der Waals surface area contributed by atoms with Crippen molar-refractivity contribution in [2.45, 2.75) is 11.3 Å². The summed E-state index contributed by atoms with van der Waals surface area (Å²) >= 11 is 0. The topological polar surface area (TPSA) is 87.7 Å². The average molecular weight is 266 g/mol. The predicted octanol–water partition coefficient (Wildman–Crippen LogP) is 0.863. The fourth-order valence-electron chi connectivity index (χ4n) is 1.56. The highest BCUT2D eigenvalue weighted by Crippen LogP contribution is 2.17. The molecule has 0 aromatic carbocycles. The molecule has 0 aliphatic rings. The number of anilines is 1. The number of imidazole rings is 1. The standard InChI is InChI=1S/C11H14N4O2S/c1-18(16,17)10-3-2-5-13-11(10)14-6-4-9-7-12-8-15-9/h2-3,5,7-8H,4,6H2,1H3,(H,12,15)(H,13,14). The maximum Gasteiger partial charge on any atom is 0.179 e. The smallest absolute Gasteiger partial charge is 0.179 e. The lowest BCUT2D eigenvalue weighted by Gasteiger charge is -2.08. The highest BCUT2D eigenvalue weighted by molar-refractivity contribution is 7.90. The molecule has 0 aliphatic heterocycles. The van der Waals surface area contributed by atoms with Gasteiger partial charge in [-0.15, -0.1) is 0 Å². The number of nitrogens with one attached hydrogen (secondary N) is 2. The quantitative estimate of drug-likeness (QED) is 0.838. The number of hydrogen-bond donors (Lipinski definition) is 2. The molecule has 0 radical (unpaired) electrons. The molecule has 6 nitrogen and oxygen atoms in total. The molecular formula is C11H14N4O2S. The van der Waals surface area contributed by atoms with Gasteiger partial charge in [0, 0.05) is 37.3 Å². The van der Waals surface area contributed by atoms with E-state index in [0.29, 0.717) is 12.4 Å². The highest BCUT2D eigenvalue weighted by atomic mass is 32.2. The van der Waals surface area contributed by atoms with Gasteiger partial charge in [0.15, 0.2) is 9.84 Å². The Morgan fingerprint density at radius 3 is 2.94 bits per heavy atom. The molecule has 0 atom stereocenters. The molecule has 0 unspecified atom stereocenters. The zero-order valence-electron chi connectivity index (χ0n) is 9.92. The summed E-state index contributed by atoms with van der Waals surface area (Å²) in [6.45, 7) is 0.585. The minimum absolute atomic E-state index is 0.217. The van der Waals surface area contributed by atoms with Gasteiger partial charge in [0.2, 0.25) is 0 Å². The number of hydrogen-bond acceptors (Lipinski definition) is 5. The van der Waals surface area contributed by atoms with Crippen molar-refractivity contribution in [1.82, 2.24) is 15.0 Å². The fourth-order valence-corrected chi connectivity index (χ4v) is 2.36. The molecule has 0 saturated carbocycles. The van der Waals surface area contributed by atoms with E-state index in [1.807, 2.05) is 0 Å². The van der Waals surface area contributed by atoms with Gasteiger partial charge >= 0.3 is 0 Å². The first-order chi connectivity index (χ1) is 8.57. The van der Waals surface area contributed by atoms with Crippen LogP contribution in [0.2, 0.25) is 0 Å². The first-order valence-corrected chi connectivity index (χ1v) is 7.33. The number of rotatable bonds is 5. The van der Waals surface area contributed by atoms with Crippen LogP contribution in [-0.4, -0.2) is 36.2 Å². The number of H-pyrrole nitrogens is 1. The third-order valence-electron chi connectivity index (χ3n) is 2.41. The van der Waals surface area contributed by atoms with Gasteiger partial charge < -0.3 is 10.3 Å². The average Bonchev–Trinajstić information content (AvgIpc) is 2.81. The molecule has 0 fully saturated rings. The minimum atomic E-state index is -3.26. The second kappa shape index (κ2) is 5.18. The van der Waals surface area contributed by atoms with Gasteiger partial charge in [-0.05, 0) is 12.1 Å². The van der Waals surface area contributed by atoms with E-state index in [4.69, 9.17) is 0 Å². The van der Waals surface area contributed by atoms with Crippen LogP contribution in [0.25, 0.3) is 0 Å². The zero-order chi connectivity index (χ0) is 13.0. The Labute approximate surface area is 105 Å². The predicted molar refractivity (Wildman–Crippen MR) is 68.1 cm³/mol. The molecule has 7 heteroatoms. The zero-order valence-corrected chi connectivity index (χ0v) is 10.7. The van der Waals surface area contributed by atoms with Crippen LogP contribution >= 0.6 is 0 Å². The molecular weight excluding hydrogens is 252 g/mol. The molecule has 2 heterocycles. The van der Waals surface area contributed by atoms with E-state index in [0.717, 1.165) is 12.1 Å². The van der Waals surface area contributed by atoms with Gasteiger partial charge in [-0.25, -0.2) is 18.4 Å². The molecule has 2 aromatic rings. The molecule has 18 heavy (non-hydrogen) atoms. The van der Waals surface area contributed by atoms with Gasteiger partial charge in [-0.3, -0.25) is 0 Å². The lowest BCUT2D eigenvalue weighted by atomic mass is 10.3. The van der Waals surface area contributed by atoms with E-state index in [1.165, 1.54) is 6.26 Å². The molecule has 2 aromatic heterocycles. The Kier molecular flexibility index (Phi) is 3.61. The number of sulfone groups is 1. The van der Waals surface area contributed by atoms with E-state index in [1.54, 1.807) is 30.9 Å². The Balaban J connectivity index is 2.06. The summed E-state index contributed by atoms with van der Waals surface area (Å²) in [5, 5.41) is 3.02. The van der Waals surface area contributed by atoms with E-state index in [9.17, 15) is 8.42 Å². The van der Waals surface area contributed by atoms with Crippen molar-refractivity contribution in [2.75, 3.05) is 18.1 Å². The monoisotopic (exact) mass is 266 g/mol. The molecule has 0 amide bonds. The molecule has 0 bridgehead atoms. The van der Waals surface area contributed by atoms with Crippen LogP contribution in [0.1, 0.15) is 5.69 Å². The summed E-state index contributed by atoms with van der Waals surface area (Å²) in [6, 6.07) is 3.15. The lowest BCUT2D eigenvalue weighted by Crippen LogP contribution is -2.10. The molecule has 2 N–H and O–H groups in total. The Bertz CT molecular complexity index is 608. The third-order valence-corrected chi connectivity index (χ3v) is 3.54. The molecule has 96 valence electrons. The maximum absolute atomic E-state index is 11.5. The van der Waals surface area contributed by atoms with Crippen LogP contribution in [-0.2, 0) is 16.3 Å². The van der Waals surface area contributed by atoms with Gasteiger partial charge in [0.25, 0.3) is 0 Å². The summed E-state index contributed by atoms with van der Waals surface area (Å²) in [7, 11) is -3.26. The summed E-state index contributed by atoms with van der Waals surface area (Å²) in [5.41, 5.74) is 0.985.